The Kier molecular flexibility index (Phi) is 4.42. The molecule has 1 aromatic heterocycles. The van der Waals surface area contributed by atoms with Gasteiger partial charge in [0, 0.05) is 6.54 Å². The van der Waals surface area contributed by atoms with Crippen LogP contribution in [-0.2, 0) is 18.6 Å². The lowest BCUT2D eigenvalue weighted by Gasteiger charge is -2.19. The van der Waals surface area contributed by atoms with Gasteiger partial charge in [0.2, 0.25) is 0 Å². The van der Waals surface area contributed by atoms with Crippen molar-refractivity contribution in [1.29, 1.82) is 0 Å². The molecule has 0 atom stereocenters. The zero-order chi connectivity index (χ0) is 14.6. The summed E-state index contributed by atoms with van der Waals surface area (Å²) in [4.78, 5) is 4.23. The van der Waals surface area contributed by atoms with E-state index in [1.807, 2.05) is 16.8 Å². The first-order chi connectivity index (χ1) is 9.50. The van der Waals surface area contributed by atoms with Crippen LogP contribution in [0.5, 0.6) is 5.75 Å². The molecule has 1 heterocycles. The van der Waals surface area contributed by atoms with Crippen LogP contribution in [0.4, 0.5) is 0 Å². The van der Waals surface area contributed by atoms with E-state index < -0.39 is 0 Å². The van der Waals surface area contributed by atoms with Crippen LogP contribution >= 0.6 is 0 Å². The van der Waals surface area contributed by atoms with E-state index in [9.17, 15) is 0 Å². The average molecular weight is 273 g/mol. The molecule has 0 aliphatic carbocycles. The summed E-state index contributed by atoms with van der Waals surface area (Å²) in [5.41, 5.74) is 1.47. The Balaban J connectivity index is 1.99. The highest BCUT2D eigenvalue weighted by Gasteiger charge is 2.13. The van der Waals surface area contributed by atoms with Crippen molar-refractivity contribution in [2.75, 3.05) is 0 Å². The lowest BCUT2D eigenvalue weighted by atomic mass is 9.87. The molecule has 0 saturated heterocycles. The van der Waals surface area contributed by atoms with E-state index in [0.717, 1.165) is 24.5 Å². The van der Waals surface area contributed by atoms with Gasteiger partial charge in [-0.15, -0.1) is 0 Å². The Morgan fingerprint density at radius 1 is 1.15 bits per heavy atom. The van der Waals surface area contributed by atoms with Crippen LogP contribution in [0.2, 0.25) is 0 Å². The number of aromatic nitrogens is 3. The summed E-state index contributed by atoms with van der Waals surface area (Å²) in [6.45, 7) is 10.1. The number of aryl methyl sites for hydroxylation is 1. The van der Waals surface area contributed by atoms with E-state index in [2.05, 4.69) is 49.9 Å². The van der Waals surface area contributed by atoms with E-state index in [-0.39, 0.29) is 5.41 Å². The fourth-order valence-electron chi connectivity index (χ4n) is 2.00. The second-order valence-corrected chi connectivity index (χ2v) is 5.96. The first-order valence-corrected chi connectivity index (χ1v) is 7.10. The lowest BCUT2D eigenvalue weighted by molar-refractivity contribution is 0.286. The summed E-state index contributed by atoms with van der Waals surface area (Å²) in [5, 5.41) is 4.19. The zero-order valence-corrected chi connectivity index (χ0v) is 12.8. The summed E-state index contributed by atoms with van der Waals surface area (Å²) in [6.07, 6.45) is 2.62. The predicted molar refractivity (Wildman–Crippen MR) is 79.8 cm³/mol. The normalized spacial score (nSPS) is 11.6. The lowest BCUT2D eigenvalue weighted by Crippen LogP contribution is -2.11. The minimum absolute atomic E-state index is 0.166. The number of hydrogen-bond acceptors (Lipinski definition) is 3. The molecule has 0 N–H and O–H groups in total. The topological polar surface area (TPSA) is 39.9 Å². The summed E-state index contributed by atoms with van der Waals surface area (Å²) >= 11 is 0. The highest BCUT2D eigenvalue weighted by molar-refractivity contribution is 5.31. The molecule has 0 unspecified atom stereocenters. The highest BCUT2D eigenvalue weighted by Crippen LogP contribution is 2.24. The minimum Gasteiger partial charge on any atom is -0.486 e. The molecule has 0 radical (unpaired) electrons. The molecule has 0 fully saturated rings. The molecule has 4 heteroatoms. The Hall–Kier alpha value is -1.84. The minimum atomic E-state index is 0.166. The van der Waals surface area contributed by atoms with E-state index in [0.29, 0.717) is 6.61 Å². The van der Waals surface area contributed by atoms with Crippen molar-refractivity contribution in [3.05, 3.63) is 42.0 Å². The maximum absolute atomic E-state index is 5.78. The molecular formula is C16H23N3O. The molecule has 4 nitrogen and oxygen atoms in total. The monoisotopic (exact) mass is 273 g/mol. The molecular weight excluding hydrogens is 250 g/mol. The van der Waals surface area contributed by atoms with Crippen LogP contribution in [0.15, 0.2) is 30.6 Å². The summed E-state index contributed by atoms with van der Waals surface area (Å²) in [5.74, 6) is 1.73. The number of nitrogens with zero attached hydrogens (tertiary/aromatic N) is 3. The van der Waals surface area contributed by atoms with Gasteiger partial charge >= 0.3 is 0 Å². The van der Waals surface area contributed by atoms with Gasteiger partial charge in [0.1, 0.15) is 18.7 Å². The molecule has 0 bridgehead atoms. The van der Waals surface area contributed by atoms with Gasteiger partial charge in [-0.2, -0.15) is 5.10 Å². The number of hydrogen-bond donors (Lipinski definition) is 0. The third-order valence-corrected chi connectivity index (χ3v) is 3.22. The Bertz CT molecular complexity index is 538. The van der Waals surface area contributed by atoms with Gasteiger partial charge in [-0.3, -0.25) is 0 Å². The third-order valence-electron chi connectivity index (χ3n) is 3.22. The molecule has 0 amide bonds. The zero-order valence-electron chi connectivity index (χ0n) is 12.8. The molecule has 0 aliphatic rings. The SMILES string of the molecule is CCCn1ncnc1COc1ccc(C(C)(C)C)cc1. The molecule has 2 aromatic rings. The van der Waals surface area contributed by atoms with Crippen LogP contribution in [0.25, 0.3) is 0 Å². The molecule has 20 heavy (non-hydrogen) atoms. The standard InChI is InChI=1S/C16H23N3O/c1-5-10-19-15(17-12-18-19)11-20-14-8-6-13(7-9-14)16(2,3)4/h6-9,12H,5,10-11H2,1-4H3. The molecule has 0 spiro atoms. The second kappa shape index (κ2) is 6.07. The summed E-state index contributed by atoms with van der Waals surface area (Å²) < 4.78 is 7.67. The van der Waals surface area contributed by atoms with Crippen LogP contribution in [0.1, 0.15) is 45.5 Å². The highest BCUT2D eigenvalue weighted by atomic mass is 16.5. The first kappa shape index (κ1) is 14.6. The number of rotatable bonds is 5. The fraction of sp³-hybridized carbons (Fsp3) is 0.500. The molecule has 0 saturated carbocycles. The summed E-state index contributed by atoms with van der Waals surface area (Å²) in [7, 11) is 0. The maximum Gasteiger partial charge on any atom is 0.164 e. The maximum atomic E-state index is 5.78. The van der Waals surface area contributed by atoms with Gasteiger partial charge in [-0.05, 0) is 29.5 Å². The largest absolute Gasteiger partial charge is 0.486 e. The average Bonchev–Trinajstić information content (AvgIpc) is 2.84. The van der Waals surface area contributed by atoms with Gasteiger partial charge in [0.15, 0.2) is 5.82 Å². The van der Waals surface area contributed by atoms with Gasteiger partial charge in [0.05, 0.1) is 0 Å². The van der Waals surface area contributed by atoms with Crippen LogP contribution in [0, 0.1) is 0 Å². The first-order valence-electron chi connectivity index (χ1n) is 7.10. The number of benzene rings is 1. The van der Waals surface area contributed by atoms with E-state index in [4.69, 9.17) is 4.74 Å². The van der Waals surface area contributed by atoms with Crippen molar-refractivity contribution >= 4 is 0 Å². The van der Waals surface area contributed by atoms with Crippen molar-refractivity contribution in [1.82, 2.24) is 14.8 Å². The van der Waals surface area contributed by atoms with Gasteiger partial charge < -0.3 is 4.74 Å². The Morgan fingerprint density at radius 3 is 2.45 bits per heavy atom. The third kappa shape index (κ3) is 3.59. The Morgan fingerprint density at radius 2 is 1.85 bits per heavy atom. The van der Waals surface area contributed by atoms with Crippen LogP contribution in [-0.4, -0.2) is 14.8 Å². The summed E-state index contributed by atoms with van der Waals surface area (Å²) in [6, 6.07) is 8.26. The molecule has 0 aliphatic heterocycles. The van der Waals surface area contributed by atoms with Crippen LogP contribution < -0.4 is 4.74 Å². The predicted octanol–water partition coefficient (Wildman–Crippen LogP) is 3.56. The van der Waals surface area contributed by atoms with Crippen molar-refractivity contribution < 1.29 is 4.74 Å². The van der Waals surface area contributed by atoms with Gasteiger partial charge in [0.25, 0.3) is 0 Å². The van der Waals surface area contributed by atoms with Crippen molar-refractivity contribution in [2.45, 2.75) is 52.7 Å². The van der Waals surface area contributed by atoms with Gasteiger partial charge in [-0.1, -0.05) is 39.8 Å². The molecule has 108 valence electrons. The molecule has 2 rings (SSSR count). The second-order valence-electron chi connectivity index (χ2n) is 5.96. The number of ether oxygens (including phenoxy) is 1. The van der Waals surface area contributed by atoms with E-state index >= 15 is 0 Å². The van der Waals surface area contributed by atoms with Gasteiger partial charge in [-0.25, -0.2) is 9.67 Å². The van der Waals surface area contributed by atoms with Crippen molar-refractivity contribution in [2.24, 2.45) is 0 Å². The van der Waals surface area contributed by atoms with E-state index in [1.165, 1.54) is 5.56 Å². The Labute approximate surface area is 120 Å². The van der Waals surface area contributed by atoms with Crippen LogP contribution in [0.3, 0.4) is 0 Å². The smallest absolute Gasteiger partial charge is 0.164 e. The van der Waals surface area contributed by atoms with E-state index in [1.54, 1.807) is 6.33 Å². The van der Waals surface area contributed by atoms with Crippen molar-refractivity contribution in [3.8, 4) is 5.75 Å². The van der Waals surface area contributed by atoms with Crippen molar-refractivity contribution in [3.63, 3.8) is 0 Å². The quantitative estimate of drug-likeness (QED) is 0.836. The fourth-order valence-corrected chi connectivity index (χ4v) is 2.00. The molecule has 1 aromatic carbocycles.